The van der Waals surface area contributed by atoms with Crippen molar-refractivity contribution in [1.82, 2.24) is 15.3 Å². The molecule has 1 heterocycles. The number of fused-ring (bicyclic) bond motifs is 1. The predicted molar refractivity (Wildman–Crippen MR) is 112 cm³/mol. The number of nitrogens with one attached hydrogen (secondary N) is 2. The number of amides is 1. The Labute approximate surface area is 163 Å². The summed E-state index contributed by atoms with van der Waals surface area (Å²) in [6, 6.07) is 15.7. The van der Waals surface area contributed by atoms with Gasteiger partial charge in [0.25, 0.3) is 0 Å². The van der Waals surface area contributed by atoms with Gasteiger partial charge in [-0.15, -0.1) is 24.2 Å². The average Bonchev–Trinajstić information content (AvgIpc) is 3.05. The number of carbonyl (C=O) groups is 1. The van der Waals surface area contributed by atoms with Crippen LogP contribution in [0.25, 0.3) is 11.0 Å². The molecule has 0 saturated heterocycles. The molecule has 0 aliphatic heterocycles. The third kappa shape index (κ3) is 5.41. The molecule has 3 aromatic rings. The normalized spacial score (nSPS) is 11.7. The Balaban J connectivity index is 0.00000243. The molecule has 1 atom stereocenters. The summed E-state index contributed by atoms with van der Waals surface area (Å²) in [5.74, 6) is 1.37. The number of imidazole rings is 1. The number of rotatable bonds is 7. The quantitative estimate of drug-likeness (QED) is 0.537. The Morgan fingerprint density at radius 1 is 1.23 bits per heavy atom. The van der Waals surface area contributed by atoms with Crippen molar-refractivity contribution < 1.29 is 4.79 Å². The average molecular weight is 391 g/mol. The van der Waals surface area contributed by atoms with Gasteiger partial charge in [-0.05, 0) is 43.2 Å². The first-order valence-corrected chi connectivity index (χ1v) is 9.34. The molecule has 0 saturated carbocycles. The number of halogens is 1. The molecule has 2 aromatic carbocycles. The molecule has 1 unspecified atom stereocenters. The molecule has 26 heavy (non-hydrogen) atoms. The van der Waals surface area contributed by atoms with Crippen LogP contribution < -0.4 is 11.1 Å². The van der Waals surface area contributed by atoms with Crippen LogP contribution in [0.1, 0.15) is 23.6 Å². The lowest BCUT2D eigenvalue weighted by molar-refractivity contribution is -0.118. The molecule has 138 valence electrons. The van der Waals surface area contributed by atoms with E-state index in [0.717, 1.165) is 34.5 Å². The summed E-state index contributed by atoms with van der Waals surface area (Å²) in [5.41, 5.74) is 9.56. The SMILES string of the molecule is CC(SCC(=O)NCCc1ccc(N)cc1)c1nc2ccccc2[nH]1.Cl. The van der Waals surface area contributed by atoms with Crippen LogP contribution in [-0.4, -0.2) is 28.2 Å². The topological polar surface area (TPSA) is 83.8 Å². The summed E-state index contributed by atoms with van der Waals surface area (Å²) in [5, 5.41) is 3.09. The van der Waals surface area contributed by atoms with E-state index in [0.29, 0.717) is 12.3 Å². The van der Waals surface area contributed by atoms with Crippen molar-refractivity contribution >= 4 is 46.8 Å². The Hall–Kier alpha value is -2.18. The fourth-order valence-electron chi connectivity index (χ4n) is 2.53. The van der Waals surface area contributed by atoms with Gasteiger partial charge in [0.05, 0.1) is 22.0 Å². The molecule has 7 heteroatoms. The molecule has 0 bridgehead atoms. The van der Waals surface area contributed by atoms with E-state index in [4.69, 9.17) is 5.73 Å². The number of nitrogens with two attached hydrogens (primary N) is 1. The van der Waals surface area contributed by atoms with Gasteiger partial charge in [-0.3, -0.25) is 4.79 Å². The second-order valence-electron chi connectivity index (χ2n) is 5.93. The highest BCUT2D eigenvalue weighted by Crippen LogP contribution is 2.27. The fourth-order valence-corrected chi connectivity index (χ4v) is 3.30. The third-order valence-corrected chi connectivity index (χ3v) is 5.12. The van der Waals surface area contributed by atoms with Crippen LogP contribution in [0, 0.1) is 0 Å². The Kier molecular flexibility index (Phi) is 7.36. The van der Waals surface area contributed by atoms with Crippen molar-refractivity contribution in [3.8, 4) is 0 Å². The fraction of sp³-hybridized carbons (Fsp3) is 0.263. The number of aromatic nitrogens is 2. The van der Waals surface area contributed by atoms with E-state index in [1.807, 2.05) is 48.5 Å². The summed E-state index contributed by atoms with van der Waals surface area (Å²) in [6.45, 7) is 2.69. The number of para-hydroxylation sites is 2. The van der Waals surface area contributed by atoms with Gasteiger partial charge in [0.15, 0.2) is 0 Å². The van der Waals surface area contributed by atoms with Crippen molar-refractivity contribution in [2.24, 2.45) is 0 Å². The molecular weight excluding hydrogens is 368 g/mol. The van der Waals surface area contributed by atoms with Crippen molar-refractivity contribution in [2.45, 2.75) is 18.6 Å². The summed E-state index contributed by atoms with van der Waals surface area (Å²) in [7, 11) is 0. The number of nitrogens with zero attached hydrogens (tertiary/aromatic N) is 1. The second-order valence-corrected chi connectivity index (χ2v) is 7.26. The number of aromatic amines is 1. The molecule has 0 spiro atoms. The summed E-state index contributed by atoms with van der Waals surface area (Å²) in [6.07, 6.45) is 0.801. The predicted octanol–water partition coefficient (Wildman–Crippen LogP) is 3.72. The van der Waals surface area contributed by atoms with Crippen LogP contribution in [0.5, 0.6) is 0 Å². The van der Waals surface area contributed by atoms with Crippen LogP contribution >= 0.6 is 24.2 Å². The maximum Gasteiger partial charge on any atom is 0.230 e. The molecular formula is C19H23ClN4OS. The lowest BCUT2D eigenvalue weighted by atomic mass is 10.1. The Morgan fingerprint density at radius 2 is 1.96 bits per heavy atom. The Bertz CT molecular complexity index is 817. The standard InChI is InChI=1S/C19H22N4OS.ClH/c1-13(19-22-16-4-2-3-5-17(16)23-19)25-12-18(24)21-11-10-14-6-8-15(20)9-7-14;/h2-9,13H,10-12,20H2,1H3,(H,21,24)(H,22,23);1H. The highest BCUT2D eigenvalue weighted by Gasteiger charge is 2.13. The minimum Gasteiger partial charge on any atom is -0.399 e. The zero-order valence-corrected chi connectivity index (χ0v) is 16.2. The van der Waals surface area contributed by atoms with E-state index in [1.54, 1.807) is 11.8 Å². The highest BCUT2D eigenvalue weighted by atomic mass is 35.5. The molecule has 0 radical (unpaired) electrons. The number of H-pyrrole nitrogens is 1. The minimum atomic E-state index is 0. The van der Waals surface area contributed by atoms with E-state index in [2.05, 4.69) is 22.2 Å². The first-order chi connectivity index (χ1) is 12.1. The number of hydrogen-bond donors (Lipinski definition) is 3. The number of anilines is 1. The maximum atomic E-state index is 12.0. The number of benzene rings is 2. The number of thioether (sulfide) groups is 1. The van der Waals surface area contributed by atoms with E-state index in [9.17, 15) is 4.79 Å². The highest BCUT2D eigenvalue weighted by molar-refractivity contribution is 8.00. The molecule has 0 fully saturated rings. The lowest BCUT2D eigenvalue weighted by Gasteiger charge is -2.09. The molecule has 1 amide bonds. The monoisotopic (exact) mass is 390 g/mol. The van der Waals surface area contributed by atoms with E-state index in [1.165, 1.54) is 0 Å². The van der Waals surface area contributed by atoms with Crippen molar-refractivity contribution in [3.63, 3.8) is 0 Å². The van der Waals surface area contributed by atoms with Crippen molar-refractivity contribution in [3.05, 3.63) is 59.9 Å². The van der Waals surface area contributed by atoms with E-state index < -0.39 is 0 Å². The molecule has 0 aliphatic rings. The summed E-state index contributed by atoms with van der Waals surface area (Å²) >= 11 is 1.58. The van der Waals surface area contributed by atoms with Gasteiger partial charge in [0.1, 0.15) is 5.82 Å². The van der Waals surface area contributed by atoms with Crippen LogP contribution in [0.3, 0.4) is 0 Å². The number of hydrogen-bond acceptors (Lipinski definition) is 4. The molecule has 4 N–H and O–H groups in total. The lowest BCUT2D eigenvalue weighted by Crippen LogP contribution is -2.27. The van der Waals surface area contributed by atoms with Gasteiger partial charge < -0.3 is 16.0 Å². The van der Waals surface area contributed by atoms with Crippen LogP contribution in [0.4, 0.5) is 5.69 Å². The maximum absolute atomic E-state index is 12.0. The first-order valence-electron chi connectivity index (χ1n) is 8.29. The number of carbonyl (C=O) groups excluding carboxylic acids is 1. The van der Waals surface area contributed by atoms with Crippen LogP contribution in [0.15, 0.2) is 48.5 Å². The third-order valence-electron chi connectivity index (χ3n) is 3.97. The van der Waals surface area contributed by atoms with Gasteiger partial charge >= 0.3 is 0 Å². The largest absolute Gasteiger partial charge is 0.399 e. The molecule has 5 nitrogen and oxygen atoms in total. The second kappa shape index (κ2) is 9.50. The van der Waals surface area contributed by atoms with Gasteiger partial charge in [-0.25, -0.2) is 4.98 Å². The van der Waals surface area contributed by atoms with Gasteiger partial charge in [-0.2, -0.15) is 0 Å². The van der Waals surface area contributed by atoms with Gasteiger partial charge in [0.2, 0.25) is 5.91 Å². The molecule has 0 aliphatic carbocycles. The number of nitrogen functional groups attached to an aromatic ring is 1. The Morgan fingerprint density at radius 3 is 2.69 bits per heavy atom. The summed E-state index contributed by atoms with van der Waals surface area (Å²) < 4.78 is 0. The van der Waals surface area contributed by atoms with Crippen LogP contribution in [0.2, 0.25) is 0 Å². The smallest absolute Gasteiger partial charge is 0.230 e. The van der Waals surface area contributed by atoms with Crippen molar-refractivity contribution in [2.75, 3.05) is 18.0 Å². The van der Waals surface area contributed by atoms with E-state index >= 15 is 0 Å². The molecule has 3 rings (SSSR count). The van der Waals surface area contributed by atoms with Gasteiger partial charge in [0, 0.05) is 12.2 Å². The first kappa shape index (κ1) is 20.1. The van der Waals surface area contributed by atoms with Gasteiger partial charge in [-0.1, -0.05) is 24.3 Å². The summed E-state index contributed by atoms with van der Waals surface area (Å²) in [4.78, 5) is 19.9. The van der Waals surface area contributed by atoms with E-state index in [-0.39, 0.29) is 23.6 Å². The minimum absolute atomic E-state index is 0. The zero-order chi connectivity index (χ0) is 17.6. The zero-order valence-electron chi connectivity index (χ0n) is 14.6. The van der Waals surface area contributed by atoms with Crippen LogP contribution in [-0.2, 0) is 11.2 Å². The van der Waals surface area contributed by atoms with Crippen molar-refractivity contribution in [1.29, 1.82) is 0 Å². The molecule has 1 aromatic heterocycles.